The molecule has 1 aromatic carbocycles. The lowest BCUT2D eigenvalue weighted by molar-refractivity contribution is -0.138. The van der Waals surface area contributed by atoms with Crippen LogP contribution in [0.25, 0.3) is 0 Å². The van der Waals surface area contributed by atoms with Gasteiger partial charge in [-0.05, 0) is 37.4 Å². The predicted molar refractivity (Wildman–Crippen MR) is 77.8 cm³/mol. The van der Waals surface area contributed by atoms with Gasteiger partial charge in [0.05, 0.1) is 0 Å². The van der Waals surface area contributed by atoms with E-state index in [4.69, 9.17) is 4.74 Å². The summed E-state index contributed by atoms with van der Waals surface area (Å²) in [6, 6.07) is 7.82. The molecule has 1 fully saturated rings. The van der Waals surface area contributed by atoms with E-state index in [1.165, 1.54) is 4.90 Å². The quantitative estimate of drug-likeness (QED) is 0.851. The number of thioether (sulfide) groups is 1. The summed E-state index contributed by atoms with van der Waals surface area (Å²) >= 11 is 1.69. The second kappa shape index (κ2) is 6.82. The molecule has 0 unspecified atom stereocenters. The van der Waals surface area contributed by atoms with Crippen molar-refractivity contribution in [3.63, 3.8) is 0 Å². The summed E-state index contributed by atoms with van der Waals surface area (Å²) in [5.74, 6) is 0.809. The first-order chi connectivity index (χ1) is 9.20. The fourth-order valence-electron chi connectivity index (χ4n) is 2.05. The van der Waals surface area contributed by atoms with Gasteiger partial charge in [-0.3, -0.25) is 4.79 Å². The number of benzene rings is 1. The third-order valence-electron chi connectivity index (χ3n) is 3.15. The molecule has 104 valence electrons. The SMILES string of the molecule is CSc1ccc(O[C@@H](C)C(=O)N2CCNCC2)cc1. The van der Waals surface area contributed by atoms with E-state index < -0.39 is 6.10 Å². The molecule has 1 N–H and O–H groups in total. The van der Waals surface area contributed by atoms with Crippen LogP contribution in [0.2, 0.25) is 0 Å². The van der Waals surface area contributed by atoms with Gasteiger partial charge in [0.15, 0.2) is 6.10 Å². The van der Waals surface area contributed by atoms with Gasteiger partial charge in [-0.15, -0.1) is 11.8 Å². The number of carbonyl (C=O) groups excluding carboxylic acids is 1. The van der Waals surface area contributed by atoms with Crippen molar-refractivity contribution in [3.8, 4) is 5.75 Å². The molecule has 1 heterocycles. The molecule has 0 aliphatic carbocycles. The first kappa shape index (κ1) is 14.2. The molecule has 1 aliphatic rings. The fraction of sp³-hybridized carbons (Fsp3) is 0.500. The molecule has 0 bridgehead atoms. The summed E-state index contributed by atoms with van der Waals surface area (Å²) in [4.78, 5) is 15.2. The fourth-order valence-corrected chi connectivity index (χ4v) is 2.46. The number of amides is 1. The monoisotopic (exact) mass is 280 g/mol. The van der Waals surface area contributed by atoms with Crippen LogP contribution in [-0.2, 0) is 4.79 Å². The average Bonchev–Trinajstić information content (AvgIpc) is 2.48. The zero-order valence-corrected chi connectivity index (χ0v) is 12.2. The third kappa shape index (κ3) is 3.88. The maximum atomic E-state index is 12.2. The number of nitrogens with one attached hydrogen (secondary N) is 1. The van der Waals surface area contributed by atoms with Crippen molar-refractivity contribution in [1.82, 2.24) is 10.2 Å². The molecular formula is C14H20N2O2S. The Balaban J connectivity index is 1.91. The molecule has 1 amide bonds. The molecule has 0 aromatic heterocycles. The van der Waals surface area contributed by atoms with E-state index in [-0.39, 0.29) is 5.91 Å². The van der Waals surface area contributed by atoms with Gasteiger partial charge in [-0.2, -0.15) is 0 Å². The van der Waals surface area contributed by atoms with Crippen molar-refractivity contribution < 1.29 is 9.53 Å². The second-order valence-electron chi connectivity index (χ2n) is 4.51. The van der Waals surface area contributed by atoms with Gasteiger partial charge in [0.2, 0.25) is 0 Å². The standard InChI is InChI=1S/C14H20N2O2S/c1-11(14(17)16-9-7-15-8-10-16)18-12-3-5-13(19-2)6-4-12/h3-6,11,15H,7-10H2,1-2H3/t11-/m0/s1. The number of carbonyl (C=O) groups is 1. The maximum absolute atomic E-state index is 12.2. The van der Waals surface area contributed by atoms with Crippen LogP contribution in [-0.4, -0.2) is 49.3 Å². The highest BCUT2D eigenvalue weighted by molar-refractivity contribution is 7.98. The minimum atomic E-state index is -0.432. The Kier molecular flexibility index (Phi) is 5.10. The molecule has 0 saturated carbocycles. The Morgan fingerprint density at radius 1 is 1.32 bits per heavy atom. The van der Waals surface area contributed by atoms with Gasteiger partial charge in [-0.25, -0.2) is 0 Å². The van der Waals surface area contributed by atoms with E-state index in [0.29, 0.717) is 0 Å². The largest absolute Gasteiger partial charge is 0.481 e. The van der Waals surface area contributed by atoms with Crippen molar-refractivity contribution in [3.05, 3.63) is 24.3 Å². The summed E-state index contributed by atoms with van der Waals surface area (Å²) in [5.41, 5.74) is 0. The van der Waals surface area contributed by atoms with Crippen LogP contribution >= 0.6 is 11.8 Å². The Morgan fingerprint density at radius 3 is 2.53 bits per heavy atom. The lowest BCUT2D eigenvalue weighted by Crippen LogP contribution is -2.50. The molecule has 19 heavy (non-hydrogen) atoms. The van der Waals surface area contributed by atoms with E-state index in [9.17, 15) is 4.79 Å². The average molecular weight is 280 g/mol. The zero-order valence-electron chi connectivity index (χ0n) is 11.4. The lowest BCUT2D eigenvalue weighted by Gasteiger charge is -2.29. The molecule has 0 radical (unpaired) electrons. The minimum absolute atomic E-state index is 0.0652. The molecule has 5 heteroatoms. The summed E-state index contributed by atoms with van der Waals surface area (Å²) in [6.45, 7) is 5.06. The Bertz CT molecular complexity index is 416. The highest BCUT2D eigenvalue weighted by atomic mass is 32.2. The summed E-state index contributed by atoms with van der Waals surface area (Å²) in [6.07, 6.45) is 1.60. The summed E-state index contributed by atoms with van der Waals surface area (Å²) < 4.78 is 5.71. The maximum Gasteiger partial charge on any atom is 0.263 e. The number of ether oxygens (including phenoxy) is 1. The van der Waals surface area contributed by atoms with Crippen molar-refractivity contribution in [2.24, 2.45) is 0 Å². The van der Waals surface area contributed by atoms with Crippen molar-refractivity contribution in [1.29, 1.82) is 0 Å². The van der Waals surface area contributed by atoms with E-state index in [0.717, 1.165) is 31.9 Å². The molecule has 1 aliphatic heterocycles. The number of nitrogens with zero attached hydrogens (tertiary/aromatic N) is 1. The number of hydrogen-bond acceptors (Lipinski definition) is 4. The molecule has 2 rings (SSSR count). The molecular weight excluding hydrogens is 260 g/mol. The normalized spacial score (nSPS) is 17.1. The van der Waals surface area contributed by atoms with E-state index in [1.807, 2.05) is 42.3 Å². The Morgan fingerprint density at radius 2 is 1.95 bits per heavy atom. The van der Waals surface area contributed by atoms with E-state index in [1.54, 1.807) is 11.8 Å². The summed E-state index contributed by atoms with van der Waals surface area (Å²) in [7, 11) is 0. The van der Waals surface area contributed by atoms with Gasteiger partial charge in [0, 0.05) is 31.1 Å². The van der Waals surface area contributed by atoms with E-state index >= 15 is 0 Å². The van der Waals surface area contributed by atoms with Gasteiger partial charge in [0.1, 0.15) is 5.75 Å². The molecule has 1 saturated heterocycles. The molecule has 1 aromatic rings. The number of hydrogen-bond donors (Lipinski definition) is 1. The predicted octanol–water partition coefficient (Wildman–Crippen LogP) is 1.61. The van der Waals surface area contributed by atoms with E-state index in [2.05, 4.69) is 5.32 Å². The van der Waals surface area contributed by atoms with Gasteiger partial charge >= 0.3 is 0 Å². The smallest absolute Gasteiger partial charge is 0.263 e. The van der Waals surface area contributed by atoms with Gasteiger partial charge in [-0.1, -0.05) is 0 Å². The lowest BCUT2D eigenvalue weighted by atomic mass is 10.3. The van der Waals surface area contributed by atoms with Crippen LogP contribution in [0.4, 0.5) is 0 Å². The molecule has 4 nitrogen and oxygen atoms in total. The van der Waals surface area contributed by atoms with Crippen molar-refractivity contribution >= 4 is 17.7 Å². The first-order valence-corrected chi connectivity index (χ1v) is 7.73. The summed E-state index contributed by atoms with van der Waals surface area (Å²) in [5, 5.41) is 3.23. The number of piperazine rings is 1. The topological polar surface area (TPSA) is 41.6 Å². The minimum Gasteiger partial charge on any atom is -0.481 e. The zero-order chi connectivity index (χ0) is 13.7. The Labute approximate surface area is 118 Å². The second-order valence-corrected chi connectivity index (χ2v) is 5.39. The number of rotatable bonds is 4. The van der Waals surface area contributed by atoms with Crippen LogP contribution < -0.4 is 10.1 Å². The van der Waals surface area contributed by atoms with Gasteiger partial charge in [0.25, 0.3) is 5.91 Å². The van der Waals surface area contributed by atoms with Crippen molar-refractivity contribution in [2.75, 3.05) is 32.4 Å². The van der Waals surface area contributed by atoms with Gasteiger partial charge < -0.3 is 15.0 Å². The van der Waals surface area contributed by atoms with Crippen LogP contribution in [0.1, 0.15) is 6.92 Å². The molecule has 1 atom stereocenters. The van der Waals surface area contributed by atoms with Crippen LogP contribution in [0, 0.1) is 0 Å². The third-order valence-corrected chi connectivity index (χ3v) is 3.89. The van der Waals surface area contributed by atoms with Crippen LogP contribution in [0.15, 0.2) is 29.2 Å². The van der Waals surface area contributed by atoms with Crippen molar-refractivity contribution in [2.45, 2.75) is 17.9 Å². The van der Waals surface area contributed by atoms with Crippen LogP contribution in [0.3, 0.4) is 0 Å². The highest BCUT2D eigenvalue weighted by Gasteiger charge is 2.23. The van der Waals surface area contributed by atoms with Crippen LogP contribution in [0.5, 0.6) is 5.75 Å². The highest BCUT2D eigenvalue weighted by Crippen LogP contribution is 2.20. The molecule has 0 spiro atoms. The first-order valence-electron chi connectivity index (χ1n) is 6.51. The Hall–Kier alpha value is -1.20.